The van der Waals surface area contributed by atoms with Crippen LogP contribution >= 0.6 is 0 Å². The second-order valence-electron chi connectivity index (χ2n) is 5.30. The van der Waals surface area contributed by atoms with E-state index in [2.05, 4.69) is 40.3 Å². The molecule has 1 aromatic carbocycles. The number of aliphatic carboxylic acids is 2. The number of nitrogens with zero attached hydrogens (tertiary/aromatic N) is 1. The molecule has 0 radical (unpaired) electrons. The van der Waals surface area contributed by atoms with Crippen molar-refractivity contribution in [2.75, 3.05) is 13.7 Å². The summed E-state index contributed by atoms with van der Waals surface area (Å²) in [7, 11) is 1.69. The quantitative estimate of drug-likeness (QED) is 0.733. The molecule has 1 unspecified atom stereocenters. The van der Waals surface area contributed by atoms with Gasteiger partial charge in [-0.05, 0) is 29.8 Å². The smallest absolute Gasteiger partial charge is 0.328 e. The fourth-order valence-electron chi connectivity index (χ4n) is 2.55. The lowest BCUT2D eigenvalue weighted by atomic mass is 10.0. The summed E-state index contributed by atoms with van der Waals surface area (Å²) in [5, 5.41) is 19.2. The molecule has 0 saturated carbocycles. The van der Waals surface area contributed by atoms with Crippen LogP contribution in [0, 0.1) is 0 Å². The van der Waals surface area contributed by atoms with Crippen LogP contribution in [0.5, 0.6) is 5.75 Å². The predicted octanol–water partition coefficient (Wildman–Crippen LogP) is 1.90. The summed E-state index contributed by atoms with van der Waals surface area (Å²) in [6, 6.07) is 12.9. The number of aromatic nitrogens is 1. The van der Waals surface area contributed by atoms with Gasteiger partial charge >= 0.3 is 11.9 Å². The molecular formula is C18H20N2O5. The number of hydrogen-bond donors (Lipinski definition) is 3. The third-order valence-electron chi connectivity index (χ3n) is 3.68. The molecule has 0 fully saturated rings. The lowest BCUT2D eigenvalue weighted by Gasteiger charge is -2.26. The Hall–Kier alpha value is -3.06. The van der Waals surface area contributed by atoms with Crippen LogP contribution in [0.15, 0.2) is 54.7 Å². The Kier molecular flexibility index (Phi) is 6.36. The van der Waals surface area contributed by atoms with E-state index < -0.39 is 11.9 Å². The van der Waals surface area contributed by atoms with Gasteiger partial charge in [0.2, 0.25) is 0 Å². The molecule has 2 aromatic rings. The Morgan fingerprint density at radius 1 is 1.16 bits per heavy atom. The fourth-order valence-corrected chi connectivity index (χ4v) is 2.55. The Labute approximate surface area is 145 Å². The highest BCUT2D eigenvalue weighted by atomic mass is 16.5. The molecule has 0 amide bonds. The van der Waals surface area contributed by atoms with E-state index in [9.17, 15) is 9.59 Å². The Balaban J connectivity index is 0.000000242. The number of fused-ring (bicyclic) bond motifs is 1. The van der Waals surface area contributed by atoms with Crippen LogP contribution in [0.4, 0.5) is 0 Å². The molecule has 0 spiro atoms. The summed E-state index contributed by atoms with van der Waals surface area (Å²) in [6.07, 6.45) is 3.26. The Morgan fingerprint density at radius 2 is 1.80 bits per heavy atom. The van der Waals surface area contributed by atoms with E-state index in [0.29, 0.717) is 18.2 Å². The third-order valence-corrected chi connectivity index (χ3v) is 3.68. The van der Waals surface area contributed by atoms with E-state index in [1.165, 1.54) is 11.3 Å². The highest BCUT2D eigenvalue weighted by molar-refractivity contribution is 5.89. The molecule has 0 aliphatic carbocycles. The van der Waals surface area contributed by atoms with E-state index >= 15 is 0 Å². The molecule has 0 bridgehead atoms. The maximum absolute atomic E-state index is 9.55. The topological polar surface area (TPSA) is 101 Å². The average molecular weight is 344 g/mol. The summed E-state index contributed by atoms with van der Waals surface area (Å²) in [6.45, 7) is 2.06. The second kappa shape index (κ2) is 8.70. The van der Waals surface area contributed by atoms with Crippen molar-refractivity contribution < 1.29 is 24.5 Å². The van der Waals surface area contributed by atoms with E-state index in [4.69, 9.17) is 14.9 Å². The van der Waals surface area contributed by atoms with Crippen LogP contribution in [0.3, 0.4) is 0 Å². The number of carboxylic acid groups (broad SMARTS) is 2. The van der Waals surface area contributed by atoms with Crippen molar-refractivity contribution in [3.63, 3.8) is 0 Å². The van der Waals surface area contributed by atoms with Crippen molar-refractivity contribution in [2.45, 2.75) is 12.6 Å². The summed E-state index contributed by atoms with van der Waals surface area (Å²) < 4.78 is 7.50. The molecule has 7 heteroatoms. The molecule has 132 valence electrons. The molecule has 1 aromatic heterocycles. The van der Waals surface area contributed by atoms with E-state index in [1.807, 2.05) is 12.1 Å². The van der Waals surface area contributed by atoms with Gasteiger partial charge in [-0.15, -0.1) is 0 Å². The molecule has 3 N–H and O–H groups in total. The van der Waals surface area contributed by atoms with Crippen molar-refractivity contribution in [1.29, 1.82) is 0 Å². The molecular weight excluding hydrogens is 324 g/mol. The molecule has 2 heterocycles. The Bertz CT molecular complexity index is 733. The normalized spacial score (nSPS) is 15.8. The van der Waals surface area contributed by atoms with E-state index in [0.717, 1.165) is 18.8 Å². The van der Waals surface area contributed by atoms with Crippen molar-refractivity contribution in [2.24, 2.45) is 0 Å². The first-order valence-electron chi connectivity index (χ1n) is 7.67. The molecule has 7 nitrogen and oxygen atoms in total. The van der Waals surface area contributed by atoms with Crippen LogP contribution in [0.25, 0.3) is 0 Å². The number of hydrogen-bond acceptors (Lipinski definition) is 4. The minimum absolute atomic E-state index is 0.296. The zero-order valence-electron chi connectivity index (χ0n) is 13.8. The van der Waals surface area contributed by atoms with E-state index in [-0.39, 0.29) is 0 Å². The minimum Gasteiger partial charge on any atom is -0.497 e. The standard InChI is InChI=1S/C14H16N2O.C4H4O4/c1-17-12-6-4-11(5-7-12)14-13-3-2-9-16(13)10-8-15-14;5-3(6)1-2-4(7)8/h2-7,9,14-15H,8,10H2,1H3;1-2H,(H,5,6)(H,7,8). The molecule has 1 aliphatic rings. The average Bonchev–Trinajstić information content (AvgIpc) is 3.09. The highest BCUT2D eigenvalue weighted by Crippen LogP contribution is 2.26. The minimum atomic E-state index is -1.26. The highest BCUT2D eigenvalue weighted by Gasteiger charge is 2.20. The largest absolute Gasteiger partial charge is 0.497 e. The van der Waals surface area contributed by atoms with Gasteiger partial charge in [0, 0.05) is 37.1 Å². The molecule has 25 heavy (non-hydrogen) atoms. The lowest BCUT2D eigenvalue weighted by Crippen LogP contribution is -2.33. The number of ether oxygens (including phenoxy) is 1. The van der Waals surface area contributed by atoms with Gasteiger partial charge in [0.1, 0.15) is 5.75 Å². The summed E-state index contributed by atoms with van der Waals surface area (Å²) in [5.41, 5.74) is 2.62. The van der Waals surface area contributed by atoms with Gasteiger partial charge in [0.25, 0.3) is 0 Å². The zero-order chi connectivity index (χ0) is 18.2. The predicted molar refractivity (Wildman–Crippen MR) is 91.7 cm³/mol. The van der Waals surface area contributed by atoms with Gasteiger partial charge in [-0.25, -0.2) is 9.59 Å². The zero-order valence-corrected chi connectivity index (χ0v) is 13.8. The molecule has 3 rings (SSSR count). The summed E-state index contributed by atoms with van der Waals surface area (Å²) in [4.78, 5) is 19.1. The van der Waals surface area contributed by atoms with Gasteiger partial charge < -0.3 is 24.8 Å². The van der Waals surface area contributed by atoms with Gasteiger partial charge in [0.05, 0.1) is 13.2 Å². The second-order valence-corrected chi connectivity index (χ2v) is 5.30. The maximum Gasteiger partial charge on any atom is 0.328 e. The number of methoxy groups -OCH3 is 1. The molecule has 1 aliphatic heterocycles. The monoisotopic (exact) mass is 344 g/mol. The number of benzene rings is 1. The van der Waals surface area contributed by atoms with Crippen LogP contribution < -0.4 is 10.1 Å². The van der Waals surface area contributed by atoms with Gasteiger partial charge in [-0.1, -0.05) is 12.1 Å². The number of carboxylic acids is 2. The number of rotatable bonds is 4. The van der Waals surface area contributed by atoms with Crippen molar-refractivity contribution in [3.05, 3.63) is 66.0 Å². The fraction of sp³-hybridized carbons (Fsp3) is 0.222. The summed E-state index contributed by atoms with van der Waals surface area (Å²) in [5.74, 6) is -1.61. The van der Waals surface area contributed by atoms with Gasteiger partial charge in [-0.2, -0.15) is 0 Å². The van der Waals surface area contributed by atoms with Crippen molar-refractivity contribution >= 4 is 11.9 Å². The van der Waals surface area contributed by atoms with Gasteiger partial charge in [0.15, 0.2) is 0 Å². The van der Waals surface area contributed by atoms with Crippen molar-refractivity contribution in [1.82, 2.24) is 9.88 Å². The van der Waals surface area contributed by atoms with Crippen LogP contribution in [0.2, 0.25) is 0 Å². The Morgan fingerprint density at radius 3 is 2.36 bits per heavy atom. The molecule has 0 saturated heterocycles. The SMILES string of the molecule is COc1ccc(C2NCCn3cccc32)cc1.O=C(O)C=CC(=O)O. The maximum atomic E-state index is 9.55. The van der Waals surface area contributed by atoms with E-state index in [1.54, 1.807) is 7.11 Å². The van der Waals surface area contributed by atoms with Gasteiger partial charge in [-0.3, -0.25) is 0 Å². The van der Waals surface area contributed by atoms with Crippen molar-refractivity contribution in [3.8, 4) is 5.75 Å². The lowest BCUT2D eigenvalue weighted by molar-refractivity contribution is -0.134. The first-order chi connectivity index (χ1) is 12.0. The number of carbonyl (C=O) groups is 2. The summed E-state index contributed by atoms with van der Waals surface area (Å²) >= 11 is 0. The first kappa shape index (κ1) is 18.3. The number of nitrogens with one attached hydrogen (secondary N) is 1. The molecule has 1 atom stereocenters. The third kappa shape index (κ3) is 5.22. The van der Waals surface area contributed by atoms with Crippen LogP contribution in [0.1, 0.15) is 17.3 Å². The first-order valence-corrected chi connectivity index (χ1v) is 7.67. The van der Waals surface area contributed by atoms with Crippen LogP contribution in [-0.4, -0.2) is 40.4 Å². The van der Waals surface area contributed by atoms with Crippen LogP contribution in [-0.2, 0) is 16.1 Å².